The van der Waals surface area contributed by atoms with Crippen molar-refractivity contribution in [2.24, 2.45) is 0 Å². The Morgan fingerprint density at radius 1 is 1.14 bits per heavy atom. The van der Waals surface area contributed by atoms with Crippen LogP contribution in [-0.4, -0.2) is 49.5 Å². The zero-order valence-corrected chi connectivity index (χ0v) is 22.1. The first-order valence-electron chi connectivity index (χ1n) is 12.4. The highest BCUT2D eigenvalue weighted by molar-refractivity contribution is 7.15. The Labute approximate surface area is 211 Å². The highest BCUT2D eigenvalue weighted by atomic mass is 32.1. The molecule has 190 valence electrons. The number of thiazole rings is 1. The van der Waals surface area contributed by atoms with Gasteiger partial charge < -0.3 is 20.3 Å². The lowest BCUT2D eigenvalue weighted by Gasteiger charge is -2.41. The molecule has 1 aliphatic heterocycles. The second-order valence-corrected chi connectivity index (χ2v) is 11.8. The van der Waals surface area contributed by atoms with E-state index in [1.807, 2.05) is 51.8 Å². The van der Waals surface area contributed by atoms with E-state index in [1.165, 1.54) is 0 Å². The summed E-state index contributed by atoms with van der Waals surface area (Å²) in [7, 11) is 0. The van der Waals surface area contributed by atoms with Crippen LogP contribution in [0.15, 0.2) is 12.3 Å². The second kappa shape index (κ2) is 10.1. The summed E-state index contributed by atoms with van der Waals surface area (Å²) in [6, 6.07) is 1.75. The molecule has 3 heterocycles. The van der Waals surface area contributed by atoms with Gasteiger partial charge in [0, 0.05) is 23.7 Å². The van der Waals surface area contributed by atoms with Crippen LogP contribution >= 0.6 is 11.3 Å². The van der Waals surface area contributed by atoms with Crippen molar-refractivity contribution in [3.05, 3.63) is 28.7 Å². The third-order valence-electron chi connectivity index (χ3n) is 6.43. The molecular weight excluding hydrogens is 464 g/mol. The summed E-state index contributed by atoms with van der Waals surface area (Å²) in [4.78, 5) is 43.4. The largest absolute Gasteiger partial charge is 0.444 e. The Bertz CT molecular complexity index is 1070. The van der Waals surface area contributed by atoms with E-state index in [-0.39, 0.29) is 11.9 Å². The van der Waals surface area contributed by atoms with Gasteiger partial charge in [-0.1, -0.05) is 19.3 Å². The number of anilines is 2. The molecule has 1 unspecified atom stereocenters. The number of carbonyl (C=O) groups is 2. The molecule has 0 bridgehead atoms. The summed E-state index contributed by atoms with van der Waals surface area (Å²) >= 11 is 1.56. The number of nitrogens with zero attached hydrogens (tertiary/aromatic N) is 4. The number of aryl methyl sites for hydroxylation is 2. The molecule has 2 aromatic rings. The number of hydrogen-bond acceptors (Lipinski definition) is 8. The fraction of sp³-hybridized carbons (Fsp3) is 0.640. The molecule has 2 N–H and O–H groups in total. The molecule has 0 aromatic carbocycles. The van der Waals surface area contributed by atoms with E-state index in [4.69, 9.17) is 9.72 Å². The lowest BCUT2D eigenvalue weighted by atomic mass is 9.80. The fourth-order valence-electron chi connectivity index (χ4n) is 4.99. The number of aromatic nitrogens is 3. The van der Waals surface area contributed by atoms with Gasteiger partial charge in [0.2, 0.25) is 5.91 Å². The van der Waals surface area contributed by atoms with Crippen LogP contribution in [0.5, 0.6) is 0 Å². The summed E-state index contributed by atoms with van der Waals surface area (Å²) < 4.78 is 5.52. The molecule has 10 heteroatoms. The highest BCUT2D eigenvalue weighted by Crippen LogP contribution is 2.38. The number of hydrogen-bond donors (Lipinski definition) is 2. The average molecular weight is 501 g/mol. The monoisotopic (exact) mass is 500 g/mol. The third kappa shape index (κ3) is 6.09. The van der Waals surface area contributed by atoms with E-state index in [0.29, 0.717) is 31.0 Å². The summed E-state index contributed by atoms with van der Waals surface area (Å²) in [5, 5.41) is 7.03. The number of nitrogens with one attached hydrogen (secondary N) is 2. The van der Waals surface area contributed by atoms with Gasteiger partial charge in [-0.05, 0) is 60.3 Å². The van der Waals surface area contributed by atoms with E-state index < -0.39 is 17.2 Å². The van der Waals surface area contributed by atoms with Crippen LogP contribution in [0.4, 0.5) is 15.7 Å². The Balaban J connectivity index is 1.58. The zero-order valence-electron chi connectivity index (χ0n) is 21.3. The van der Waals surface area contributed by atoms with Gasteiger partial charge in [0.25, 0.3) is 0 Å². The maximum absolute atomic E-state index is 14.1. The molecule has 2 aliphatic rings. The number of carbonyl (C=O) groups excluding carboxylic acids is 2. The number of amides is 2. The predicted octanol–water partition coefficient (Wildman–Crippen LogP) is 5.18. The fourth-order valence-corrected chi connectivity index (χ4v) is 5.66. The van der Waals surface area contributed by atoms with Crippen LogP contribution in [-0.2, 0) is 9.53 Å². The molecule has 0 radical (unpaired) electrons. The summed E-state index contributed by atoms with van der Waals surface area (Å²) in [5.41, 5.74) is -0.760. The molecule has 9 nitrogen and oxygen atoms in total. The molecule has 1 saturated carbocycles. The van der Waals surface area contributed by atoms with Gasteiger partial charge in [0.05, 0.1) is 11.7 Å². The second-order valence-electron chi connectivity index (χ2n) is 10.6. The highest BCUT2D eigenvalue weighted by Gasteiger charge is 2.47. The number of likely N-dealkylation sites (tertiary alicyclic amines) is 1. The maximum Gasteiger partial charge on any atom is 0.408 e. The van der Waals surface area contributed by atoms with E-state index in [0.717, 1.165) is 47.8 Å². The van der Waals surface area contributed by atoms with E-state index in [1.54, 1.807) is 11.3 Å². The van der Waals surface area contributed by atoms with Gasteiger partial charge >= 0.3 is 6.09 Å². The minimum absolute atomic E-state index is 0.0353. The Morgan fingerprint density at radius 3 is 2.54 bits per heavy atom. The quantitative estimate of drug-likeness (QED) is 0.582. The molecule has 35 heavy (non-hydrogen) atoms. The van der Waals surface area contributed by atoms with Gasteiger partial charge in [0.1, 0.15) is 22.8 Å². The van der Waals surface area contributed by atoms with Crippen molar-refractivity contribution in [3.63, 3.8) is 0 Å². The number of ether oxygens (including phenoxy) is 1. The molecule has 1 aliphatic carbocycles. The summed E-state index contributed by atoms with van der Waals surface area (Å²) in [6.07, 6.45) is 7.08. The molecule has 2 aromatic heterocycles. The first-order chi connectivity index (χ1) is 16.5. The van der Waals surface area contributed by atoms with Gasteiger partial charge in [-0.15, -0.1) is 11.3 Å². The average Bonchev–Trinajstić information content (AvgIpc) is 3.41. The molecule has 1 atom stereocenters. The standard InChI is InChI=1S/C25H36N6O3S/c1-16-15-26-22(35-16)29-20-14-18(27-17(2)28-20)19-10-9-13-31(19)21(32)25(11-7-6-8-12-25)30-23(33)34-24(3,4)5/h14-15,19H,6-13H2,1-5H3,(H,30,33)(H,26,27,28,29). The molecular formula is C25H36N6O3S. The third-order valence-corrected chi connectivity index (χ3v) is 7.25. The van der Waals surface area contributed by atoms with E-state index in [2.05, 4.69) is 20.6 Å². The van der Waals surface area contributed by atoms with E-state index >= 15 is 0 Å². The predicted molar refractivity (Wildman–Crippen MR) is 136 cm³/mol. The van der Waals surface area contributed by atoms with Crippen molar-refractivity contribution in [2.45, 2.75) is 96.7 Å². The molecule has 0 spiro atoms. The van der Waals surface area contributed by atoms with Crippen LogP contribution in [0.1, 0.15) is 88.2 Å². The molecule has 4 rings (SSSR count). The molecule has 2 fully saturated rings. The van der Waals surface area contributed by atoms with Crippen molar-refractivity contribution in [1.82, 2.24) is 25.2 Å². The first-order valence-corrected chi connectivity index (χ1v) is 13.2. The Kier molecular flexibility index (Phi) is 7.30. The van der Waals surface area contributed by atoms with Gasteiger partial charge in [-0.3, -0.25) is 4.79 Å². The van der Waals surface area contributed by atoms with Crippen molar-refractivity contribution >= 4 is 34.3 Å². The lowest BCUT2D eigenvalue weighted by Crippen LogP contribution is -2.61. The lowest BCUT2D eigenvalue weighted by molar-refractivity contribution is -0.141. The van der Waals surface area contributed by atoms with Crippen LogP contribution in [0.3, 0.4) is 0 Å². The Morgan fingerprint density at radius 2 is 1.89 bits per heavy atom. The van der Waals surface area contributed by atoms with Crippen molar-refractivity contribution < 1.29 is 14.3 Å². The summed E-state index contributed by atoms with van der Waals surface area (Å²) in [5.74, 6) is 1.27. The van der Waals surface area contributed by atoms with Gasteiger partial charge in [-0.2, -0.15) is 0 Å². The first kappa shape index (κ1) is 25.3. The maximum atomic E-state index is 14.1. The van der Waals surface area contributed by atoms with Crippen LogP contribution in [0, 0.1) is 13.8 Å². The van der Waals surface area contributed by atoms with Crippen LogP contribution in [0.2, 0.25) is 0 Å². The van der Waals surface area contributed by atoms with Gasteiger partial charge in [0.15, 0.2) is 5.13 Å². The number of rotatable bonds is 5. The minimum atomic E-state index is -0.940. The number of alkyl carbamates (subject to hydrolysis) is 1. The summed E-state index contributed by atoms with van der Waals surface area (Å²) in [6.45, 7) is 9.99. The molecule has 1 saturated heterocycles. The normalized spacial score (nSPS) is 19.9. The topological polar surface area (TPSA) is 109 Å². The van der Waals surface area contributed by atoms with E-state index in [9.17, 15) is 9.59 Å². The van der Waals surface area contributed by atoms with Crippen LogP contribution < -0.4 is 10.6 Å². The molecule has 2 amide bonds. The van der Waals surface area contributed by atoms with Crippen molar-refractivity contribution in [2.75, 3.05) is 11.9 Å². The van der Waals surface area contributed by atoms with Crippen molar-refractivity contribution in [3.8, 4) is 0 Å². The SMILES string of the molecule is Cc1nc(Nc2ncc(C)s2)cc(C2CCCN2C(=O)C2(NC(=O)OC(C)(C)C)CCCCC2)n1. The van der Waals surface area contributed by atoms with Gasteiger partial charge in [-0.25, -0.2) is 19.7 Å². The van der Waals surface area contributed by atoms with Crippen molar-refractivity contribution in [1.29, 1.82) is 0 Å². The minimum Gasteiger partial charge on any atom is -0.444 e. The Hall–Kier alpha value is -2.75. The van der Waals surface area contributed by atoms with Crippen LogP contribution in [0.25, 0.3) is 0 Å². The smallest absolute Gasteiger partial charge is 0.408 e. The zero-order chi connectivity index (χ0) is 25.2.